The van der Waals surface area contributed by atoms with Crippen LogP contribution in [0.4, 0.5) is 15.9 Å². The van der Waals surface area contributed by atoms with Crippen molar-refractivity contribution in [3.05, 3.63) is 47.9 Å². The summed E-state index contributed by atoms with van der Waals surface area (Å²) in [5, 5.41) is 16.9. The lowest BCUT2D eigenvalue weighted by Crippen LogP contribution is -2.00. The van der Waals surface area contributed by atoms with Crippen LogP contribution in [0.2, 0.25) is 0 Å². The lowest BCUT2D eigenvalue weighted by atomic mass is 10.1. The van der Waals surface area contributed by atoms with E-state index in [1.807, 2.05) is 0 Å². The normalized spacial score (nSPS) is 10.6. The Kier molecular flexibility index (Phi) is 5.47. The number of hydrogen-bond donors (Lipinski definition) is 2. The topological polar surface area (TPSA) is 106 Å². The van der Waals surface area contributed by atoms with Crippen molar-refractivity contribution in [1.29, 1.82) is 5.26 Å². The Morgan fingerprint density at radius 2 is 1.69 bits per heavy atom. The summed E-state index contributed by atoms with van der Waals surface area (Å²) in [6.45, 7) is 0. The van der Waals surface area contributed by atoms with E-state index >= 15 is 0 Å². The second-order valence-electron chi connectivity index (χ2n) is 6.67. The van der Waals surface area contributed by atoms with Crippen LogP contribution in [-0.4, -0.2) is 43.0 Å². The number of benzene rings is 2. The van der Waals surface area contributed by atoms with Crippen molar-refractivity contribution in [2.45, 2.75) is 0 Å². The SMILES string of the molecule is COc1ccc(Nc2c(-c3cc(OC)c(OC)c(OC)c3)[nH]c3c(C#N)cnn23)cc1F. The predicted octanol–water partition coefficient (Wildman–Crippen LogP) is 4.12. The molecule has 0 aliphatic heterocycles. The molecule has 0 spiro atoms. The summed E-state index contributed by atoms with van der Waals surface area (Å²) in [6.07, 6.45) is 1.45. The number of H-pyrrole nitrogens is 1. The van der Waals surface area contributed by atoms with Crippen LogP contribution in [0.25, 0.3) is 16.9 Å². The minimum Gasteiger partial charge on any atom is -0.494 e. The quantitative estimate of drug-likeness (QED) is 0.448. The van der Waals surface area contributed by atoms with Gasteiger partial charge in [-0.25, -0.2) is 4.39 Å². The molecule has 4 rings (SSSR count). The highest BCUT2D eigenvalue weighted by atomic mass is 19.1. The Hall–Kier alpha value is -4.39. The van der Waals surface area contributed by atoms with E-state index in [9.17, 15) is 9.65 Å². The fourth-order valence-corrected chi connectivity index (χ4v) is 3.43. The summed E-state index contributed by atoms with van der Waals surface area (Å²) in [4.78, 5) is 3.22. The molecule has 0 aliphatic carbocycles. The summed E-state index contributed by atoms with van der Waals surface area (Å²) >= 11 is 0. The van der Waals surface area contributed by atoms with E-state index in [0.29, 0.717) is 51.2 Å². The van der Waals surface area contributed by atoms with Crippen molar-refractivity contribution in [2.75, 3.05) is 33.8 Å². The molecule has 0 unspecified atom stereocenters. The second kappa shape index (κ2) is 8.39. The molecule has 0 bridgehead atoms. The molecule has 10 heteroatoms. The van der Waals surface area contributed by atoms with Crippen LogP contribution in [0, 0.1) is 17.1 Å². The van der Waals surface area contributed by atoms with E-state index in [1.165, 1.54) is 46.8 Å². The van der Waals surface area contributed by atoms with Gasteiger partial charge in [0, 0.05) is 17.3 Å². The number of halogens is 1. The average molecular weight is 437 g/mol. The number of nitrogens with zero attached hydrogens (tertiary/aromatic N) is 3. The molecule has 2 aromatic heterocycles. The van der Waals surface area contributed by atoms with Crippen molar-refractivity contribution in [1.82, 2.24) is 14.6 Å². The number of imidazole rings is 1. The zero-order valence-corrected chi connectivity index (χ0v) is 17.8. The highest BCUT2D eigenvalue weighted by Gasteiger charge is 2.21. The Balaban J connectivity index is 1.91. The molecule has 164 valence electrons. The van der Waals surface area contributed by atoms with Gasteiger partial charge in [-0.1, -0.05) is 0 Å². The Morgan fingerprint density at radius 1 is 1.00 bits per heavy atom. The minimum atomic E-state index is -0.517. The smallest absolute Gasteiger partial charge is 0.203 e. The van der Waals surface area contributed by atoms with Crippen LogP contribution in [-0.2, 0) is 0 Å². The number of aromatic amines is 1. The Morgan fingerprint density at radius 3 is 2.25 bits per heavy atom. The van der Waals surface area contributed by atoms with Gasteiger partial charge in [0.1, 0.15) is 11.6 Å². The number of methoxy groups -OCH3 is 4. The molecule has 0 saturated carbocycles. The zero-order valence-electron chi connectivity index (χ0n) is 17.8. The highest BCUT2D eigenvalue weighted by Crippen LogP contribution is 2.43. The summed E-state index contributed by atoms with van der Waals surface area (Å²) < 4.78 is 37.1. The number of ether oxygens (including phenoxy) is 4. The first-order chi connectivity index (χ1) is 15.5. The van der Waals surface area contributed by atoms with E-state index in [0.717, 1.165) is 0 Å². The second-order valence-corrected chi connectivity index (χ2v) is 6.67. The van der Waals surface area contributed by atoms with Gasteiger partial charge < -0.3 is 29.2 Å². The molecule has 32 heavy (non-hydrogen) atoms. The first-order valence-electron chi connectivity index (χ1n) is 9.45. The molecular weight excluding hydrogens is 417 g/mol. The predicted molar refractivity (Wildman–Crippen MR) is 116 cm³/mol. The van der Waals surface area contributed by atoms with Crippen molar-refractivity contribution < 1.29 is 23.3 Å². The minimum absolute atomic E-state index is 0.130. The molecule has 4 aromatic rings. The first kappa shape index (κ1) is 20.9. The Labute approximate surface area is 182 Å². The molecular formula is C22H20FN5O4. The molecule has 0 atom stereocenters. The number of fused-ring (bicyclic) bond motifs is 1. The lowest BCUT2D eigenvalue weighted by Gasteiger charge is -2.15. The third-order valence-electron chi connectivity index (χ3n) is 4.95. The monoisotopic (exact) mass is 437 g/mol. The van der Waals surface area contributed by atoms with Gasteiger partial charge in [0.05, 0.1) is 40.3 Å². The van der Waals surface area contributed by atoms with Crippen LogP contribution in [0.15, 0.2) is 36.5 Å². The largest absolute Gasteiger partial charge is 0.494 e. The molecule has 0 radical (unpaired) electrons. The third kappa shape index (κ3) is 3.39. The lowest BCUT2D eigenvalue weighted by molar-refractivity contribution is 0.324. The van der Waals surface area contributed by atoms with Crippen LogP contribution < -0.4 is 24.3 Å². The molecule has 0 fully saturated rings. The van der Waals surface area contributed by atoms with E-state index in [-0.39, 0.29) is 5.75 Å². The maximum Gasteiger partial charge on any atom is 0.203 e. The Bertz CT molecular complexity index is 1310. The molecule has 0 saturated heterocycles. The van der Waals surface area contributed by atoms with Crippen LogP contribution in [0.1, 0.15) is 5.56 Å². The maximum atomic E-state index is 14.3. The van der Waals surface area contributed by atoms with E-state index in [2.05, 4.69) is 21.5 Å². The van der Waals surface area contributed by atoms with E-state index in [4.69, 9.17) is 18.9 Å². The summed E-state index contributed by atoms with van der Waals surface area (Å²) in [6, 6.07) is 10.1. The van der Waals surface area contributed by atoms with Gasteiger partial charge in [0.15, 0.2) is 34.5 Å². The standard InChI is InChI=1S/C22H20FN5O4/c1-29-16-6-5-14(9-15(16)23)26-22-19(27-21-13(10-24)11-25-28(21)22)12-7-17(30-2)20(32-4)18(8-12)31-3/h5-9,11,26-27H,1-4H3. The van der Waals surface area contributed by atoms with Crippen molar-refractivity contribution in [3.8, 4) is 40.3 Å². The summed E-state index contributed by atoms with van der Waals surface area (Å²) in [5.74, 6) is 1.45. The number of hydrogen-bond acceptors (Lipinski definition) is 7. The number of nitriles is 1. The number of rotatable bonds is 7. The zero-order chi connectivity index (χ0) is 22.8. The van der Waals surface area contributed by atoms with E-state index in [1.54, 1.807) is 22.7 Å². The molecule has 0 aliphatic rings. The van der Waals surface area contributed by atoms with E-state index < -0.39 is 5.82 Å². The van der Waals surface area contributed by atoms with Crippen molar-refractivity contribution in [3.63, 3.8) is 0 Å². The van der Waals surface area contributed by atoms with Gasteiger partial charge in [0.2, 0.25) is 5.75 Å². The molecule has 2 aromatic carbocycles. The summed E-state index contributed by atoms with van der Waals surface area (Å²) in [5.41, 5.74) is 2.55. The van der Waals surface area contributed by atoms with Gasteiger partial charge in [0.25, 0.3) is 0 Å². The first-order valence-corrected chi connectivity index (χ1v) is 9.45. The van der Waals surface area contributed by atoms with Crippen LogP contribution in [0.3, 0.4) is 0 Å². The van der Waals surface area contributed by atoms with Crippen LogP contribution in [0.5, 0.6) is 23.0 Å². The van der Waals surface area contributed by atoms with Gasteiger partial charge in [-0.3, -0.25) is 0 Å². The van der Waals surface area contributed by atoms with Gasteiger partial charge >= 0.3 is 0 Å². The van der Waals surface area contributed by atoms with Gasteiger partial charge in [-0.2, -0.15) is 14.9 Å². The number of anilines is 2. The maximum absolute atomic E-state index is 14.3. The molecule has 2 heterocycles. The van der Waals surface area contributed by atoms with Crippen molar-refractivity contribution in [2.24, 2.45) is 0 Å². The fraction of sp³-hybridized carbons (Fsp3) is 0.182. The highest BCUT2D eigenvalue weighted by molar-refractivity contribution is 5.83. The average Bonchev–Trinajstić information content (AvgIpc) is 3.37. The number of nitrogens with one attached hydrogen (secondary N) is 2. The van der Waals surface area contributed by atoms with Crippen LogP contribution >= 0.6 is 0 Å². The fourth-order valence-electron chi connectivity index (χ4n) is 3.43. The molecule has 2 N–H and O–H groups in total. The number of aromatic nitrogens is 3. The summed E-state index contributed by atoms with van der Waals surface area (Å²) in [7, 11) is 5.97. The van der Waals surface area contributed by atoms with Gasteiger partial charge in [-0.15, -0.1) is 0 Å². The third-order valence-corrected chi connectivity index (χ3v) is 4.95. The molecule has 9 nitrogen and oxygen atoms in total. The molecule has 0 amide bonds. The van der Waals surface area contributed by atoms with Gasteiger partial charge in [-0.05, 0) is 24.3 Å². The van der Waals surface area contributed by atoms with Crippen molar-refractivity contribution >= 4 is 17.2 Å².